The van der Waals surface area contributed by atoms with Crippen molar-refractivity contribution in [1.82, 2.24) is 9.88 Å². The third kappa shape index (κ3) is 3.68. The summed E-state index contributed by atoms with van der Waals surface area (Å²) in [7, 11) is 1.32. The second-order valence-corrected chi connectivity index (χ2v) is 6.37. The maximum Gasteiger partial charge on any atom is 0.328 e. The van der Waals surface area contributed by atoms with Crippen LogP contribution in [-0.2, 0) is 20.9 Å². The van der Waals surface area contributed by atoms with E-state index in [2.05, 4.69) is 21.2 Å². The zero-order valence-electron chi connectivity index (χ0n) is 12.8. The van der Waals surface area contributed by atoms with Crippen molar-refractivity contribution in [2.45, 2.75) is 26.4 Å². The van der Waals surface area contributed by atoms with Gasteiger partial charge in [-0.1, -0.05) is 35.8 Å². The third-order valence-electron chi connectivity index (χ3n) is 3.49. The Labute approximate surface area is 137 Å². The van der Waals surface area contributed by atoms with E-state index in [4.69, 9.17) is 4.74 Å². The molecule has 2 rings (SSSR count). The van der Waals surface area contributed by atoms with Gasteiger partial charge in [-0.15, -0.1) is 0 Å². The van der Waals surface area contributed by atoms with Crippen LogP contribution in [0.1, 0.15) is 13.8 Å². The van der Waals surface area contributed by atoms with Crippen molar-refractivity contribution < 1.29 is 14.3 Å². The number of ether oxygens (including phenoxy) is 1. The third-order valence-corrected chi connectivity index (χ3v) is 3.98. The van der Waals surface area contributed by atoms with Gasteiger partial charge in [0, 0.05) is 16.2 Å². The van der Waals surface area contributed by atoms with Crippen molar-refractivity contribution in [2.24, 2.45) is 5.92 Å². The van der Waals surface area contributed by atoms with Gasteiger partial charge in [-0.25, -0.2) is 4.79 Å². The first-order chi connectivity index (χ1) is 10.4. The first kappa shape index (κ1) is 16.5. The SMILES string of the molecule is COC(=O)[C@@H](NC(=O)Cn1ccc2ccc(Br)cc21)C(C)C. The van der Waals surface area contributed by atoms with Gasteiger partial charge in [0.05, 0.1) is 7.11 Å². The van der Waals surface area contributed by atoms with Gasteiger partial charge < -0.3 is 14.6 Å². The van der Waals surface area contributed by atoms with E-state index in [1.807, 2.05) is 48.9 Å². The van der Waals surface area contributed by atoms with E-state index in [0.29, 0.717) is 0 Å². The highest BCUT2D eigenvalue weighted by atomic mass is 79.9. The summed E-state index contributed by atoms with van der Waals surface area (Å²) in [5, 5.41) is 3.80. The lowest BCUT2D eigenvalue weighted by atomic mass is 10.0. The first-order valence-electron chi connectivity index (χ1n) is 7.04. The Morgan fingerprint density at radius 2 is 2.05 bits per heavy atom. The average Bonchev–Trinajstić information content (AvgIpc) is 2.86. The summed E-state index contributed by atoms with van der Waals surface area (Å²) >= 11 is 3.43. The zero-order chi connectivity index (χ0) is 16.3. The number of amides is 1. The highest BCUT2D eigenvalue weighted by molar-refractivity contribution is 9.10. The van der Waals surface area contributed by atoms with Crippen LogP contribution in [0.15, 0.2) is 34.9 Å². The number of benzene rings is 1. The molecule has 0 bridgehead atoms. The Hall–Kier alpha value is -1.82. The van der Waals surface area contributed by atoms with Crippen molar-refractivity contribution in [3.63, 3.8) is 0 Å². The Morgan fingerprint density at radius 1 is 1.32 bits per heavy atom. The maximum absolute atomic E-state index is 12.2. The van der Waals surface area contributed by atoms with Crippen molar-refractivity contribution in [1.29, 1.82) is 0 Å². The second kappa shape index (κ2) is 6.96. The standard InChI is InChI=1S/C16H19BrN2O3/c1-10(2)15(16(21)22-3)18-14(20)9-19-7-6-11-4-5-12(17)8-13(11)19/h4-8,10,15H,9H2,1-3H3,(H,18,20)/t15-/m0/s1. The summed E-state index contributed by atoms with van der Waals surface area (Å²) in [6, 6.07) is 7.22. The largest absolute Gasteiger partial charge is 0.467 e. The molecule has 0 unspecified atom stereocenters. The fraction of sp³-hybridized carbons (Fsp3) is 0.375. The molecular weight excluding hydrogens is 348 g/mol. The van der Waals surface area contributed by atoms with Gasteiger partial charge in [-0.2, -0.15) is 0 Å². The van der Waals surface area contributed by atoms with Crippen molar-refractivity contribution >= 4 is 38.7 Å². The lowest BCUT2D eigenvalue weighted by molar-refractivity contribution is -0.146. The molecule has 0 saturated carbocycles. The number of rotatable bonds is 5. The van der Waals surface area contributed by atoms with Gasteiger partial charge in [0.2, 0.25) is 5.91 Å². The number of carbonyl (C=O) groups is 2. The molecule has 1 aromatic carbocycles. The van der Waals surface area contributed by atoms with Crippen molar-refractivity contribution in [3.05, 3.63) is 34.9 Å². The molecule has 0 aliphatic carbocycles. The van der Waals surface area contributed by atoms with Gasteiger partial charge in [0.25, 0.3) is 0 Å². The molecule has 0 spiro atoms. The van der Waals surface area contributed by atoms with Gasteiger partial charge in [-0.3, -0.25) is 4.79 Å². The van der Waals surface area contributed by atoms with Gasteiger partial charge in [0.15, 0.2) is 0 Å². The molecule has 118 valence electrons. The van der Waals surface area contributed by atoms with Crippen LogP contribution in [0.5, 0.6) is 0 Å². The summed E-state index contributed by atoms with van der Waals surface area (Å²) in [5.74, 6) is -0.683. The minimum absolute atomic E-state index is 0.0352. The fourth-order valence-corrected chi connectivity index (χ4v) is 2.64. The topological polar surface area (TPSA) is 60.3 Å². The Morgan fingerprint density at radius 3 is 2.68 bits per heavy atom. The maximum atomic E-state index is 12.2. The number of halogens is 1. The van der Waals surface area contributed by atoms with Crippen LogP contribution in [0.3, 0.4) is 0 Å². The van der Waals surface area contributed by atoms with E-state index in [1.54, 1.807) is 0 Å². The normalized spacial score (nSPS) is 12.4. The Bertz CT molecular complexity index is 694. The number of methoxy groups -OCH3 is 1. The minimum Gasteiger partial charge on any atom is -0.467 e. The highest BCUT2D eigenvalue weighted by Crippen LogP contribution is 2.20. The van der Waals surface area contributed by atoms with Crippen LogP contribution in [0.4, 0.5) is 0 Å². The predicted octanol–water partition coefficient (Wildman–Crippen LogP) is 2.72. The van der Waals surface area contributed by atoms with E-state index < -0.39 is 12.0 Å². The Balaban J connectivity index is 2.13. The van der Waals surface area contributed by atoms with Crippen LogP contribution < -0.4 is 5.32 Å². The number of hydrogen-bond acceptors (Lipinski definition) is 3. The summed E-state index contributed by atoms with van der Waals surface area (Å²) in [6.45, 7) is 3.88. The molecule has 2 aromatic rings. The summed E-state index contributed by atoms with van der Waals surface area (Å²) in [6.07, 6.45) is 1.86. The van der Waals surface area contributed by atoms with Gasteiger partial charge in [-0.05, 0) is 29.5 Å². The van der Waals surface area contributed by atoms with Crippen LogP contribution in [0.2, 0.25) is 0 Å². The number of carbonyl (C=O) groups excluding carboxylic acids is 2. The molecule has 0 saturated heterocycles. The molecule has 0 aliphatic heterocycles. The Kier molecular flexibility index (Phi) is 5.24. The highest BCUT2D eigenvalue weighted by Gasteiger charge is 2.24. The van der Waals surface area contributed by atoms with E-state index in [0.717, 1.165) is 15.4 Å². The molecule has 5 nitrogen and oxygen atoms in total. The van der Waals surface area contributed by atoms with Gasteiger partial charge >= 0.3 is 5.97 Å². The number of nitrogens with one attached hydrogen (secondary N) is 1. The molecule has 0 aliphatic rings. The van der Waals surface area contributed by atoms with Crippen molar-refractivity contribution in [3.8, 4) is 0 Å². The van der Waals surface area contributed by atoms with E-state index in [9.17, 15) is 9.59 Å². The number of hydrogen-bond donors (Lipinski definition) is 1. The van der Waals surface area contributed by atoms with E-state index in [-0.39, 0.29) is 18.4 Å². The average molecular weight is 367 g/mol. The molecule has 1 N–H and O–H groups in total. The van der Waals surface area contributed by atoms with E-state index in [1.165, 1.54) is 7.11 Å². The monoisotopic (exact) mass is 366 g/mol. The summed E-state index contributed by atoms with van der Waals surface area (Å²) in [4.78, 5) is 23.9. The molecule has 1 heterocycles. The minimum atomic E-state index is -0.633. The van der Waals surface area contributed by atoms with Crippen LogP contribution >= 0.6 is 15.9 Å². The molecule has 1 amide bonds. The lowest BCUT2D eigenvalue weighted by Crippen LogP contribution is -2.46. The second-order valence-electron chi connectivity index (χ2n) is 5.46. The van der Waals surface area contributed by atoms with Crippen LogP contribution in [-0.4, -0.2) is 29.6 Å². The number of nitrogens with zero attached hydrogens (tertiary/aromatic N) is 1. The first-order valence-corrected chi connectivity index (χ1v) is 7.83. The number of aromatic nitrogens is 1. The van der Waals surface area contributed by atoms with Crippen LogP contribution in [0, 0.1) is 5.92 Å². The summed E-state index contributed by atoms with van der Waals surface area (Å²) in [5.41, 5.74) is 0.962. The molecule has 6 heteroatoms. The number of esters is 1. The van der Waals surface area contributed by atoms with E-state index >= 15 is 0 Å². The lowest BCUT2D eigenvalue weighted by Gasteiger charge is -2.20. The molecule has 1 atom stereocenters. The van der Waals surface area contributed by atoms with Gasteiger partial charge in [0.1, 0.15) is 12.6 Å². The van der Waals surface area contributed by atoms with Crippen molar-refractivity contribution in [2.75, 3.05) is 7.11 Å². The zero-order valence-corrected chi connectivity index (χ0v) is 14.4. The molecule has 22 heavy (non-hydrogen) atoms. The summed E-state index contributed by atoms with van der Waals surface area (Å²) < 4.78 is 7.53. The molecular formula is C16H19BrN2O3. The number of fused-ring (bicyclic) bond motifs is 1. The fourth-order valence-electron chi connectivity index (χ4n) is 2.29. The molecule has 1 aromatic heterocycles. The molecule has 0 radical (unpaired) electrons. The smallest absolute Gasteiger partial charge is 0.328 e. The predicted molar refractivity (Wildman–Crippen MR) is 88.4 cm³/mol. The quantitative estimate of drug-likeness (QED) is 0.827. The molecule has 0 fully saturated rings. The van der Waals surface area contributed by atoms with Crippen LogP contribution in [0.25, 0.3) is 10.9 Å².